The number of fused-ring (bicyclic) bond motifs is 1. The molecule has 2 heterocycles. The van der Waals surface area contributed by atoms with E-state index in [-0.39, 0.29) is 42.3 Å². The van der Waals surface area contributed by atoms with Crippen LogP contribution in [0.4, 0.5) is 5.69 Å². The fraction of sp³-hybridized carbons (Fsp3) is 0.444. The maximum Gasteiger partial charge on any atom is 0.238 e. The Labute approximate surface area is 132 Å². The zero-order valence-electron chi connectivity index (χ0n) is 12.3. The van der Waals surface area contributed by atoms with Crippen molar-refractivity contribution in [2.24, 2.45) is 35.5 Å². The standard InChI is InChI=1S/C18H15NO4/c20-17-15-9-2-3-10(12-6-11(9)12)16(15)18(21)19(17)8-1-4-13-14(5-8)23-7-22-13/h1-5,9-12,15-16H,6-7H2/t9-,10-,11-,12+,15-,16-/m1/s1. The third-order valence-electron chi connectivity index (χ3n) is 6.28. The second-order valence-electron chi connectivity index (χ2n) is 7.20. The van der Waals surface area contributed by atoms with E-state index in [0.29, 0.717) is 29.0 Å². The molecule has 6 atom stereocenters. The Hall–Kier alpha value is -2.30. The molecule has 5 heteroatoms. The molecule has 23 heavy (non-hydrogen) atoms. The Morgan fingerprint density at radius 1 is 0.913 bits per heavy atom. The van der Waals surface area contributed by atoms with Crippen LogP contribution in [0.5, 0.6) is 11.5 Å². The minimum absolute atomic E-state index is 0.0384. The van der Waals surface area contributed by atoms with E-state index in [1.165, 1.54) is 11.3 Å². The quantitative estimate of drug-likeness (QED) is 0.588. The predicted octanol–water partition coefficient (Wildman–Crippen LogP) is 1.97. The molecule has 3 fully saturated rings. The summed E-state index contributed by atoms with van der Waals surface area (Å²) < 4.78 is 10.7. The van der Waals surface area contributed by atoms with Gasteiger partial charge >= 0.3 is 0 Å². The van der Waals surface area contributed by atoms with Gasteiger partial charge < -0.3 is 9.47 Å². The molecule has 116 valence electrons. The summed E-state index contributed by atoms with van der Waals surface area (Å²) in [5.74, 6) is 2.62. The van der Waals surface area contributed by atoms with Gasteiger partial charge in [-0.25, -0.2) is 4.90 Å². The van der Waals surface area contributed by atoms with Crippen LogP contribution < -0.4 is 14.4 Å². The summed E-state index contributed by atoms with van der Waals surface area (Å²) in [7, 11) is 0. The summed E-state index contributed by atoms with van der Waals surface area (Å²) in [5, 5.41) is 0. The molecule has 1 saturated heterocycles. The minimum Gasteiger partial charge on any atom is -0.454 e. The molecular weight excluding hydrogens is 294 g/mol. The minimum atomic E-state index is -0.160. The van der Waals surface area contributed by atoms with Crippen molar-refractivity contribution >= 4 is 17.5 Å². The highest BCUT2D eigenvalue weighted by Gasteiger charge is 2.67. The molecule has 0 unspecified atom stereocenters. The van der Waals surface area contributed by atoms with Crippen LogP contribution in [0.25, 0.3) is 0 Å². The van der Waals surface area contributed by atoms with Gasteiger partial charge in [-0.3, -0.25) is 9.59 Å². The molecule has 0 N–H and O–H groups in total. The number of nitrogens with zero attached hydrogens (tertiary/aromatic N) is 1. The van der Waals surface area contributed by atoms with Gasteiger partial charge in [0.05, 0.1) is 17.5 Å². The maximum atomic E-state index is 13.0. The Balaban J connectivity index is 1.43. The van der Waals surface area contributed by atoms with Gasteiger partial charge in [-0.1, -0.05) is 12.2 Å². The van der Waals surface area contributed by atoms with Crippen molar-refractivity contribution < 1.29 is 19.1 Å². The van der Waals surface area contributed by atoms with Crippen molar-refractivity contribution in [1.82, 2.24) is 0 Å². The van der Waals surface area contributed by atoms with Gasteiger partial charge in [0.2, 0.25) is 18.6 Å². The van der Waals surface area contributed by atoms with E-state index in [1.807, 2.05) is 0 Å². The number of carbonyl (C=O) groups is 2. The Morgan fingerprint density at radius 2 is 1.57 bits per heavy atom. The maximum absolute atomic E-state index is 13.0. The normalized spacial score (nSPS) is 41.3. The van der Waals surface area contributed by atoms with Gasteiger partial charge in [-0.15, -0.1) is 0 Å². The predicted molar refractivity (Wildman–Crippen MR) is 79.8 cm³/mol. The average Bonchev–Trinajstić information content (AvgIpc) is 3.20. The van der Waals surface area contributed by atoms with E-state index < -0.39 is 0 Å². The van der Waals surface area contributed by atoms with Gasteiger partial charge in [-0.05, 0) is 42.2 Å². The van der Waals surface area contributed by atoms with E-state index in [1.54, 1.807) is 18.2 Å². The van der Waals surface area contributed by atoms with Gasteiger partial charge in [-0.2, -0.15) is 0 Å². The molecule has 5 nitrogen and oxygen atoms in total. The van der Waals surface area contributed by atoms with E-state index >= 15 is 0 Å². The summed E-state index contributed by atoms with van der Waals surface area (Å²) in [5.41, 5.74) is 0.603. The Morgan fingerprint density at radius 3 is 2.26 bits per heavy atom. The highest BCUT2D eigenvalue weighted by Crippen LogP contribution is 2.65. The second-order valence-corrected chi connectivity index (χ2v) is 7.20. The molecule has 4 aliphatic carbocycles. The number of amides is 2. The number of allylic oxidation sites excluding steroid dienone is 2. The molecule has 2 saturated carbocycles. The lowest BCUT2D eigenvalue weighted by Crippen LogP contribution is -2.40. The smallest absolute Gasteiger partial charge is 0.238 e. The van der Waals surface area contributed by atoms with Crippen LogP contribution in [-0.4, -0.2) is 18.6 Å². The van der Waals surface area contributed by atoms with Crippen molar-refractivity contribution in [3.63, 3.8) is 0 Å². The van der Waals surface area contributed by atoms with Gasteiger partial charge in [0.25, 0.3) is 0 Å². The van der Waals surface area contributed by atoms with Crippen LogP contribution >= 0.6 is 0 Å². The SMILES string of the molecule is O=C1[C@@H]2[C@@H]3C=C[C@H]([C@@H]4C[C@H]34)[C@H]2C(=O)N1c1ccc2c(c1)OCO2. The number of carbonyl (C=O) groups excluding carboxylic acids is 2. The van der Waals surface area contributed by atoms with Crippen molar-refractivity contribution in [3.8, 4) is 11.5 Å². The first-order valence-corrected chi connectivity index (χ1v) is 8.20. The van der Waals surface area contributed by atoms with Gasteiger partial charge in [0, 0.05) is 6.07 Å². The Kier molecular flexibility index (Phi) is 2.00. The van der Waals surface area contributed by atoms with Crippen LogP contribution in [0.2, 0.25) is 0 Å². The molecule has 2 amide bonds. The molecule has 0 radical (unpaired) electrons. The van der Waals surface area contributed by atoms with E-state index in [0.717, 1.165) is 0 Å². The van der Waals surface area contributed by atoms with Crippen LogP contribution in [0, 0.1) is 35.5 Å². The second kappa shape index (κ2) is 3.78. The molecule has 0 spiro atoms. The number of benzene rings is 1. The monoisotopic (exact) mass is 309 g/mol. The number of imide groups is 1. The molecule has 6 aliphatic rings. The molecular formula is C18H15NO4. The lowest BCUT2D eigenvalue weighted by atomic mass is 9.63. The largest absolute Gasteiger partial charge is 0.454 e. The summed E-state index contributed by atoms with van der Waals surface area (Å²) in [6, 6.07) is 5.28. The Bertz CT molecular complexity index is 764. The third kappa shape index (κ3) is 1.35. The van der Waals surface area contributed by atoms with Crippen LogP contribution in [-0.2, 0) is 9.59 Å². The molecule has 1 aromatic carbocycles. The van der Waals surface area contributed by atoms with Crippen molar-refractivity contribution in [1.29, 1.82) is 0 Å². The van der Waals surface area contributed by atoms with Crippen molar-refractivity contribution in [2.75, 3.05) is 11.7 Å². The topological polar surface area (TPSA) is 55.8 Å². The first kappa shape index (κ1) is 12.2. The van der Waals surface area contributed by atoms with Crippen LogP contribution in [0.15, 0.2) is 30.4 Å². The van der Waals surface area contributed by atoms with Gasteiger partial charge in [0.1, 0.15) is 0 Å². The number of anilines is 1. The van der Waals surface area contributed by atoms with Crippen molar-refractivity contribution in [3.05, 3.63) is 30.4 Å². The highest BCUT2D eigenvalue weighted by molar-refractivity contribution is 6.22. The summed E-state index contributed by atoms with van der Waals surface area (Å²) in [4.78, 5) is 27.4. The number of ether oxygens (including phenoxy) is 2. The lowest BCUT2D eigenvalue weighted by Gasteiger charge is -2.37. The van der Waals surface area contributed by atoms with E-state index in [9.17, 15) is 9.59 Å². The van der Waals surface area contributed by atoms with Crippen LogP contribution in [0.1, 0.15) is 6.42 Å². The zero-order valence-corrected chi connectivity index (χ0v) is 12.3. The molecule has 2 bridgehead atoms. The molecule has 2 aliphatic heterocycles. The van der Waals surface area contributed by atoms with E-state index in [4.69, 9.17) is 9.47 Å². The fourth-order valence-corrected chi connectivity index (χ4v) is 5.24. The van der Waals surface area contributed by atoms with Gasteiger partial charge in [0.15, 0.2) is 11.5 Å². The fourth-order valence-electron chi connectivity index (χ4n) is 5.24. The average molecular weight is 309 g/mol. The highest BCUT2D eigenvalue weighted by atomic mass is 16.7. The first-order valence-electron chi connectivity index (χ1n) is 8.20. The molecule has 1 aromatic rings. The zero-order chi connectivity index (χ0) is 15.3. The lowest BCUT2D eigenvalue weighted by molar-refractivity contribution is -0.124. The number of rotatable bonds is 1. The molecule has 7 rings (SSSR count). The number of hydrogen-bond donors (Lipinski definition) is 0. The summed E-state index contributed by atoms with van der Waals surface area (Å²) in [6.45, 7) is 0.184. The summed E-state index contributed by atoms with van der Waals surface area (Å²) >= 11 is 0. The first-order chi connectivity index (χ1) is 11.2. The summed E-state index contributed by atoms with van der Waals surface area (Å²) in [6.07, 6.45) is 5.56. The number of hydrogen-bond acceptors (Lipinski definition) is 4. The van der Waals surface area contributed by atoms with E-state index in [2.05, 4.69) is 12.2 Å². The van der Waals surface area contributed by atoms with Crippen molar-refractivity contribution in [2.45, 2.75) is 6.42 Å². The molecule has 0 aromatic heterocycles. The third-order valence-corrected chi connectivity index (χ3v) is 6.28. The van der Waals surface area contributed by atoms with Crippen LogP contribution in [0.3, 0.4) is 0 Å².